The summed E-state index contributed by atoms with van der Waals surface area (Å²) in [7, 11) is 0. The summed E-state index contributed by atoms with van der Waals surface area (Å²) in [4.78, 5) is 15.3. The second-order valence-electron chi connectivity index (χ2n) is 8.00. The van der Waals surface area contributed by atoms with Gasteiger partial charge in [-0.25, -0.2) is 0 Å². The average Bonchev–Trinajstić information content (AvgIpc) is 3.09. The summed E-state index contributed by atoms with van der Waals surface area (Å²) in [5.41, 5.74) is 3.14. The van der Waals surface area contributed by atoms with Gasteiger partial charge >= 0.3 is 0 Å². The fraction of sp³-hybridized carbons (Fsp3) is 0.650. The van der Waals surface area contributed by atoms with E-state index in [2.05, 4.69) is 48.3 Å². The van der Waals surface area contributed by atoms with Crippen LogP contribution in [0.5, 0.6) is 0 Å². The lowest BCUT2D eigenvalue weighted by Gasteiger charge is -2.27. The lowest BCUT2D eigenvalue weighted by Crippen LogP contribution is -2.38. The second kappa shape index (κ2) is 5.62. The molecule has 1 aromatic carbocycles. The normalized spacial score (nSPS) is 32.3. The molecular weight excluding hydrogens is 284 g/mol. The van der Waals surface area contributed by atoms with E-state index >= 15 is 0 Å². The van der Waals surface area contributed by atoms with E-state index in [1.54, 1.807) is 0 Å². The van der Waals surface area contributed by atoms with Crippen molar-refractivity contribution >= 4 is 5.91 Å². The first-order chi connectivity index (χ1) is 11.1. The number of amides is 1. The number of aryl methyl sites for hydroxylation is 1. The van der Waals surface area contributed by atoms with Crippen LogP contribution < -0.4 is 5.32 Å². The number of hydrogen-bond acceptors (Lipinski definition) is 2. The van der Waals surface area contributed by atoms with Crippen molar-refractivity contribution in [1.82, 2.24) is 10.2 Å². The average molecular weight is 312 g/mol. The maximum absolute atomic E-state index is 13.1. The Morgan fingerprint density at radius 2 is 2.00 bits per heavy atom. The zero-order chi connectivity index (χ0) is 16.0. The van der Waals surface area contributed by atoms with Crippen molar-refractivity contribution < 1.29 is 4.79 Å². The molecule has 2 heterocycles. The highest BCUT2D eigenvalue weighted by Gasteiger charge is 2.59. The van der Waals surface area contributed by atoms with E-state index in [4.69, 9.17) is 0 Å². The molecule has 0 aromatic heterocycles. The van der Waals surface area contributed by atoms with Crippen LogP contribution in [0.1, 0.15) is 49.7 Å². The molecule has 3 fully saturated rings. The van der Waals surface area contributed by atoms with E-state index in [1.165, 1.54) is 24.0 Å². The molecule has 2 saturated heterocycles. The summed E-state index contributed by atoms with van der Waals surface area (Å²) < 4.78 is 0. The molecule has 1 N–H and O–H groups in total. The molecule has 3 atom stereocenters. The monoisotopic (exact) mass is 312 g/mol. The lowest BCUT2D eigenvalue weighted by molar-refractivity contribution is -0.134. The van der Waals surface area contributed by atoms with E-state index in [1.807, 2.05) is 0 Å². The third kappa shape index (κ3) is 2.59. The molecule has 1 aromatic rings. The number of piperidine rings is 1. The minimum Gasteiger partial charge on any atom is -0.339 e. The van der Waals surface area contributed by atoms with Gasteiger partial charge in [-0.1, -0.05) is 24.3 Å². The quantitative estimate of drug-likeness (QED) is 0.910. The number of hydrogen-bond donors (Lipinski definition) is 1. The highest BCUT2D eigenvalue weighted by atomic mass is 16.2. The Kier molecular flexibility index (Phi) is 3.72. The minimum absolute atomic E-state index is 0.308. The molecule has 3 aliphatic rings. The number of nitrogens with one attached hydrogen (secondary N) is 1. The standard InChI is InChI=1S/C20H28N2O/c1-14-5-3-4-6-17(14)16-11-15(2)22(13-16)19(23)18-12-20(18)7-9-21-10-8-20/h3-6,15-16,18,21H,7-13H2,1-2H3/t15-,16-,18+/m1/s1. The third-order valence-electron chi connectivity index (χ3n) is 6.57. The largest absolute Gasteiger partial charge is 0.339 e. The maximum Gasteiger partial charge on any atom is 0.226 e. The molecule has 0 bridgehead atoms. The second-order valence-corrected chi connectivity index (χ2v) is 8.00. The fourth-order valence-corrected chi connectivity index (χ4v) is 4.98. The number of benzene rings is 1. The molecule has 124 valence electrons. The summed E-state index contributed by atoms with van der Waals surface area (Å²) >= 11 is 0. The van der Waals surface area contributed by atoms with E-state index in [9.17, 15) is 4.79 Å². The van der Waals surface area contributed by atoms with Crippen LogP contribution in [-0.4, -0.2) is 36.5 Å². The van der Waals surface area contributed by atoms with Crippen molar-refractivity contribution in [1.29, 1.82) is 0 Å². The summed E-state index contributed by atoms with van der Waals surface area (Å²) in [6.07, 6.45) is 4.61. The Morgan fingerprint density at radius 3 is 2.74 bits per heavy atom. The van der Waals surface area contributed by atoms with Crippen LogP contribution in [0, 0.1) is 18.3 Å². The summed E-state index contributed by atoms with van der Waals surface area (Å²) in [6, 6.07) is 9.04. The van der Waals surface area contributed by atoms with Crippen LogP contribution in [0.3, 0.4) is 0 Å². The predicted octanol–water partition coefficient (Wildman–Crippen LogP) is 3.09. The molecule has 1 saturated carbocycles. The molecular formula is C20H28N2O. The van der Waals surface area contributed by atoms with Gasteiger partial charge in [-0.15, -0.1) is 0 Å². The predicted molar refractivity (Wildman–Crippen MR) is 92.4 cm³/mol. The van der Waals surface area contributed by atoms with Crippen molar-refractivity contribution in [2.24, 2.45) is 11.3 Å². The van der Waals surface area contributed by atoms with Gasteiger partial charge in [0.05, 0.1) is 0 Å². The lowest BCUT2D eigenvalue weighted by atomic mass is 9.91. The van der Waals surface area contributed by atoms with Gasteiger partial charge in [0, 0.05) is 24.4 Å². The number of nitrogens with zero attached hydrogens (tertiary/aromatic N) is 1. The van der Waals surface area contributed by atoms with Crippen molar-refractivity contribution in [3.05, 3.63) is 35.4 Å². The van der Waals surface area contributed by atoms with Crippen LogP contribution in [0.4, 0.5) is 0 Å². The SMILES string of the molecule is Cc1ccccc1[C@@H]1C[C@@H](C)N(C(=O)[C@@H]2CC23CCNCC3)C1. The third-order valence-corrected chi connectivity index (χ3v) is 6.57. The van der Waals surface area contributed by atoms with Crippen molar-refractivity contribution in [3.63, 3.8) is 0 Å². The Labute approximate surface area is 139 Å². The first-order valence-electron chi connectivity index (χ1n) is 9.17. The molecule has 3 nitrogen and oxygen atoms in total. The van der Waals surface area contributed by atoms with Gasteiger partial charge in [-0.05, 0) is 69.2 Å². The summed E-state index contributed by atoms with van der Waals surface area (Å²) in [6.45, 7) is 7.51. The Bertz CT molecular complexity index is 605. The zero-order valence-electron chi connectivity index (χ0n) is 14.3. The fourth-order valence-electron chi connectivity index (χ4n) is 4.98. The van der Waals surface area contributed by atoms with Crippen LogP contribution in [0.25, 0.3) is 0 Å². The van der Waals surface area contributed by atoms with Gasteiger partial charge in [0.25, 0.3) is 0 Å². The van der Waals surface area contributed by atoms with Crippen LogP contribution in [-0.2, 0) is 4.79 Å². The first-order valence-corrected chi connectivity index (χ1v) is 9.17. The Balaban J connectivity index is 1.46. The van der Waals surface area contributed by atoms with E-state index < -0.39 is 0 Å². The minimum atomic E-state index is 0.308. The highest BCUT2D eigenvalue weighted by Crippen LogP contribution is 2.59. The van der Waals surface area contributed by atoms with Crippen molar-refractivity contribution in [3.8, 4) is 0 Å². The van der Waals surface area contributed by atoms with Gasteiger partial charge in [-0.2, -0.15) is 0 Å². The highest BCUT2D eigenvalue weighted by molar-refractivity contribution is 5.83. The van der Waals surface area contributed by atoms with Gasteiger partial charge in [0.2, 0.25) is 5.91 Å². The Hall–Kier alpha value is -1.35. The van der Waals surface area contributed by atoms with E-state index in [-0.39, 0.29) is 0 Å². The number of carbonyl (C=O) groups is 1. The topological polar surface area (TPSA) is 32.3 Å². The van der Waals surface area contributed by atoms with Gasteiger partial charge in [0.15, 0.2) is 0 Å². The smallest absolute Gasteiger partial charge is 0.226 e. The molecule has 0 unspecified atom stereocenters. The molecule has 4 rings (SSSR count). The van der Waals surface area contributed by atoms with E-state index in [0.717, 1.165) is 32.5 Å². The molecule has 2 aliphatic heterocycles. The molecule has 1 spiro atoms. The molecule has 1 aliphatic carbocycles. The van der Waals surface area contributed by atoms with Crippen molar-refractivity contribution in [2.75, 3.05) is 19.6 Å². The van der Waals surface area contributed by atoms with Crippen LogP contribution in [0.2, 0.25) is 0 Å². The van der Waals surface area contributed by atoms with Crippen LogP contribution in [0.15, 0.2) is 24.3 Å². The van der Waals surface area contributed by atoms with Crippen LogP contribution >= 0.6 is 0 Å². The van der Waals surface area contributed by atoms with Gasteiger partial charge < -0.3 is 10.2 Å². The number of likely N-dealkylation sites (tertiary alicyclic amines) is 1. The van der Waals surface area contributed by atoms with E-state index in [0.29, 0.717) is 29.2 Å². The zero-order valence-corrected chi connectivity index (χ0v) is 14.3. The first kappa shape index (κ1) is 15.2. The Morgan fingerprint density at radius 1 is 1.26 bits per heavy atom. The van der Waals surface area contributed by atoms with Gasteiger partial charge in [0.1, 0.15) is 0 Å². The molecule has 23 heavy (non-hydrogen) atoms. The molecule has 3 heteroatoms. The van der Waals surface area contributed by atoms with Gasteiger partial charge in [-0.3, -0.25) is 4.79 Å². The molecule has 0 radical (unpaired) electrons. The number of carbonyl (C=O) groups excluding carboxylic acids is 1. The molecule has 1 amide bonds. The number of rotatable bonds is 2. The summed E-state index contributed by atoms with van der Waals surface area (Å²) in [5.74, 6) is 1.26. The maximum atomic E-state index is 13.1. The van der Waals surface area contributed by atoms with Crippen molar-refractivity contribution in [2.45, 2.75) is 51.5 Å². The summed E-state index contributed by atoms with van der Waals surface area (Å²) in [5, 5.41) is 3.43.